The van der Waals surface area contributed by atoms with E-state index < -0.39 is 0 Å². The third kappa shape index (κ3) is 23.7. The summed E-state index contributed by atoms with van der Waals surface area (Å²) in [6.07, 6.45) is 12.0. The van der Waals surface area contributed by atoms with Gasteiger partial charge in [0, 0.05) is 109 Å². The fourth-order valence-electron chi connectivity index (χ4n) is 14.1. The van der Waals surface area contributed by atoms with Crippen LogP contribution in [0.3, 0.4) is 0 Å². The Hall–Kier alpha value is -8.09. The summed E-state index contributed by atoms with van der Waals surface area (Å²) in [5.41, 5.74) is 6.00. The second-order valence-electron chi connectivity index (χ2n) is 28.2. The van der Waals surface area contributed by atoms with Crippen molar-refractivity contribution in [3.8, 4) is 0 Å². The van der Waals surface area contributed by atoms with Crippen molar-refractivity contribution in [1.82, 2.24) is 107 Å². The van der Waals surface area contributed by atoms with E-state index in [1.807, 2.05) is 17.6 Å². The summed E-state index contributed by atoms with van der Waals surface area (Å²) in [6.45, 7) is 25.4. The van der Waals surface area contributed by atoms with E-state index in [0.29, 0.717) is 106 Å². The molecule has 1 amide bonds. The first-order valence-corrected chi connectivity index (χ1v) is 40.0. The number of fused-ring (bicyclic) bond motifs is 6. The minimum absolute atomic E-state index is 0. The van der Waals surface area contributed by atoms with Gasteiger partial charge in [0.25, 0.3) is 0 Å². The van der Waals surface area contributed by atoms with Crippen LogP contribution in [0.2, 0.25) is 30.1 Å². The number of nitrogens with zero attached hydrogens (tertiary/aromatic N) is 16. The van der Waals surface area contributed by atoms with Crippen LogP contribution >= 0.6 is 96.6 Å². The predicted molar refractivity (Wildman–Crippen MR) is 465 cm³/mol. The molecule has 35 nitrogen and oxygen atoms in total. The molecule has 3 fully saturated rings. The van der Waals surface area contributed by atoms with Crippen molar-refractivity contribution in [2.24, 2.45) is 5.92 Å². The first-order chi connectivity index (χ1) is 55.2. The third-order valence-corrected chi connectivity index (χ3v) is 21.1. The first-order valence-electron chi connectivity index (χ1n) is 37.7. The van der Waals surface area contributed by atoms with Gasteiger partial charge in [-0.05, 0) is 81.8 Å². The van der Waals surface area contributed by atoms with Crippen LogP contribution in [-0.4, -0.2) is 254 Å². The molecular weight excluding hydrogens is 1680 g/mol. The van der Waals surface area contributed by atoms with Crippen molar-refractivity contribution in [3.05, 3.63) is 167 Å². The molecule has 9 N–H and O–H groups in total. The van der Waals surface area contributed by atoms with Crippen LogP contribution in [0.25, 0.3) is 67.0 Å². The molecule has 0 spiro atoms. The number of rotatable bonds is 20. The van der Waals surface area contributed by atoms with Gasteiger partial charge < -0.3 is 34.4 Å². The molecule has 43 heteroatoms. The first kappa shape index (κ1) is 94.4. The molecule has 15 rings (SSSR count). The van der Waals surface area contributed by atoms with E-state index >= 15 is 0 Å². The summed E-state index contributed by atoms with van der Waals surface area (Å²) in [4.78, 5) is 133. The third-order valence-electron chi connectivity index (χ3n) is 19.9. The number of carbonyl (C=O) groups excluding carboxylic acids is 1. The maximum atomic E-state index is 12.5. The number of H-pyrrole nitrogens is 6. The summed E-state index contributed by atoms with van der Waals surface area (Å²) in [7, 11) is 1.39. The minimum atomic E-state index is -0.300. The number of pyridine rings is 6. The van der Waals surface area contributed by atoms with Crippen LogP contribution in [0.15, 0.2) is 102 Å². The van der Waals surface area contributed by atoms with E-state index in [9.17, 15) is 38.7 Å². The Kier molecular flexibility index (Phi) is 35.7. The number of piperazine rings is 1. The average Bonchev–Trinajstić information content (AvgIpc) is 1.64. The lowest BCUT2D eigenvalue weighted by molar-refractivity contribution is 0.0302. The highest BCUT2D eigenvalue weighted by atomic mass is 35.5. The number of aliphatic hydroxyl groups is 3. The highest BCUT2D eigenvalue weighted by Crippen LogP contribution is 2.28. The molecule has 638 valence electrons. The number of methoxy groups -OCH3 is 1. The van der Waals surface area contributed by atoms with Crippen LogP contribution in [0.1, 0.15) is 110 Å². The molecule has 0 saturated carbocycles. The average molecular weight is 1780 g/mol. The summed E-state index contributed by atoms with van der Waals surface area (Å²) >= 11 is 35.6. The topological polar surface area (TPSA) is 422 Å². The molecule has 3 aliphatic heterocycles. The zero-order valence-corrected chi connectivity index (χ0v) is 72.4. The molecule has 0 bridgehead atoms. The van der Waals surface area contributed by atoms with E-state index in [1.165, 1.54) is 45.6 Å². The van der Waals surface area contributed by atoms with Crippen molar-refractivity contribution in [3.63, 3.8) is 0 Å². The van der Waals surface area contributed by atoms with Crippen LogP contribution in [0, 0.1) is 5.92 Å². The second kappa shape index (κ2) is 44.3. The zero-order chi connectivity index (χ0) is 82.9. The van der Waals surface area contributed by atoms with Crippen LogP contribution in [0.5, 0.6) is 0 Å². The fraction of sp³-hybridized carbons (Fsp3) is 0.500. The van der Waals surface area contributed by atoms with E-state index in [4.69, 9.17) is 94.0 Å². The molecule has 0 radical (unpaired) electrons. The van der Waals surface area contributed by atoms with Crippen molar-refractivity contribution < 1.29 is 34.3 Å². The van der Waals surface area contributed by atoms with E-state index in [0.717, 1.165) is 121 Å². The molecule has 117 heavy (non-hydrogen) atoms. The number of aliphatic hydroxyl groups excluding tert-OH is 3. The molecule has 0 aliphatic carbocycles. The Labute approximate surface area is 714 Å². The second-order valence-corrected chi connectivity index (χ2v) is 30.8. The van der Waals surface area contributed by atoms with Crippen molar-refractivity contribution in [2.75, 3.05) is 125 Å². The molecule has 6 atom stereocenters. The van der Waals surface area contributed by atoms with Gasteiger partial charge in [0.15, 0.2) is 33.9 Å². The van der Waals surface area contributed by atoms with Crippen LogP contribution < -0.4 is 34.1 Å². The van der Waals surface area contributed by atoms with Gasteiger partial charge in [-0.25, -0.2) is 63.5 Å². The Morgan fingerprint density at radius 1 is 0.393 bits per heavy atom. The summed E-state index contributed by atoms with van der Waals surface area (Å²) in [5, 5.41) is 30.3. The van der Waals surface area contributed by atoms with Gasteiger partial charge in [0.05, 0.1) is 153 Å². The monoisotopic (exact) mass is 1780 g/mol. The SMILES string of the molecule is CC(C)C[C@H](CN1CCOCC1)n1c(=O)[nH]c2ncc(Cl)cc21.CC[C@@H](CN1CCOCC1)n1c(=O)[nH]c2ncc(Cl)cc21.CC[C@H](CN1CCN(C(=O)OC)CC1)n1c(=O)[nH]c2ncc(Cl)cc21.CC[C@H](CO)n1c(=O)[nH]c2ncc(Cl)cc21.C[C@H](CO)n1c(=O)[nH]c2ncc(Cl)cc21.C[C@H](CO)n1c(=O)[nH]c2ncc(Cl)cc21.S.S. The maximum absolute atomic E-state index is 12.5. The Morgan fingerprint density at radius 2 is 0.641 bits per heavy atom. The van der Waals surface area contributed by atoms with E-state index in [1.54, 1.807) is 70.6 Å². The number of nitrogens with one attached hydrogen (secondary N) is 6. The molecule has 12 aromatic heterocycles. The smallest absolute Gasteiger partial charge is 0.409 e. The number of aromatic nitrogens is 18. The summed E-state index contributed by atoms with van der Waals surface area (Å²) in [6, 6.07) is 9.69. The van der Waals surface area contributed by atoms with Gasteiger partial charge in [-0.2, -0.15) is 27.0 Å². The normalized spacial score (nSPS) is 15.6. The number of imidazole rings is 6. The van der Waals surface area contributed by atoms with Gasteiger partial charge in [-0.1, -0.05) is 104 Å². The molecule has 12 aromatic rings. The number of aromatic amines is 6. The Morgan fingerprint density at radius 3 is 0.897 bits per heavy atom. The largest absolute Gasteiger partial charge is 0.453 e. The zero-order valence-electron chi connectivity index (χ0n) is 65.9. The number of halogens is 6. The molecule has 3 saturated heterocycles. The Balaban J connectivity index is 0.000000177. The minimum Gasteiger partial charge on any atom is -0.453 e. The molecule has 15 heterocycles. The predicted octanol–water partition coefficient (Wildman–Crippen LogP) is 9.08. The highest BCUT2D eigenvalue weighted by molar-refractivity contribution is 7.59. The molecular formula is C74H100Cl6N22O13S2. The molecule has 0 aromatic carbocycles. The number of hydrogen-bond acceptors (Lipinski definition) is 22. The lowest BCUT2D eigenvalue weighted by Gasteiger charge is -2.35. The van der Waals surface area contributed by atoms with Gasteiger partial charge in [0.1, 0.15) is 0 Å². The van der Waals surface area contributed by atoms with Crippen molar-refractivity contribution in [1.29, 1.82) is 0 Å². The lowest BCUT2D eigenvalue weighted by Crippen LogP contribution is -2.50. The summed E-state index contributed by atoms with van der Waals surface area (Å²) < 4.78 is 25.3. The number of morpholine rings is 2. The maximum Gasteiger partial charge on any atom is 0.409 e. The van der Waals surface area contributed by atoms with E-state index in [-0.39, 0.29) is 123 Å². The fourth-order valence-corrected chi connectivity index (χ4v) is 15.0. The highest BCUT2D eigenvalue weighted by Gasteiger charge is 2.28. The number of amides is 1. The van der Waals surface area contributed by atoms with Crippen LogP contribution in [-0.2, 0) is 14.2 Å². The number of ether oxygens (including phenoxy) is 3. The standard InChI is InChI=1S/C16H22ClN5O3.C16H23ClN4O2.C14H19ClN4O2.C10H12ClN3O2.2C9H10ClN3O2.2H2S/c1-3-12(10-20-4-6-21(7-5-20)16(24)25-2)22-13-8-11(17)9-18-14(13)19-15(22)23;1-11(2)7-13(10-20-3-5-23-6-4-20)21-14-8-12(17)9-18-15(14)19-16(21)22;1-2-11(9-18-3-5-21-6-4-18)19-12-7-10(15)8-16-13(12)17-14(19)20;1-2-7(5-15)14-8-3-6(11)4-12-9(8)13-10(14)16;2*1-5(4-14)13-7-2-6(10)3-11-8(7)12-9(13)15;;/h8-9,12H,3-7,10H2,1-2H3,(H,18,19,23);8-9,11,13H,3-7,10H2,1-2H3,(H,18,19,22);7-8,11H,2-6,9H2,1H3,(H,16,17,20);3-4,7,15H,2,5H2,1H3,(H,12,13,16);2*2-3,5,14H,4H2,1H3,(H,11,12,15);2*1H2/t12-;13-;11-;7-;2*5-;;/m110111../s1. The van der Waals surface area contributed by atoms with Gasteiger partial charge in [-0.3, -0.25) is 72.0 Å². The number of hydrogen-bond donors (Lipinski definition) is 9. The lowest BCUT2D eigenvalue weighted by atomic mass is 10.0. The van der Waals surface area contributed by atoms with Crippen LogP contribution in [0.4, 0.5) is 4.79 Å². The quantitative estimate of drug-likeness (QED) is 0.0343. The Bertz CT molecular complexity index is 5520. The van der Waals surface area contributed by atoms with Gasteiger partial charge in [0.2, 0.25) is 0 Å². The molecule has 3 aliphatic rings. The van der Waals surface area contributed by atoms with Gasteiger partial charge in [-0.15, -0.1) is 0 Å². The number of carbonyl (C=O) groups is 1. The van der Waals surface area contributed by atoms with Crippen molar-refractivity contribution >= 4 is 170 Å². The van der Waals surface area contributed by atoms with Crippen molar-refractivity contribution in [2.45, 2.75) is 110 Å². The summed E-state index contributed by atoms with van der Waals surface area (Å²) in [5.74, 6) is 0.491. The van der Waals surface area contributed by atoms with E-state index in [2.05, 4.69) is 102 Å². The molecule has 0 unspecified atom stereocenters. The van der Waals surface area contributed by atoms with Gasteiger partial charge >= 0.3 is 40.2 Å².